The fourth-order valence-electron chi connectivity index (χ4n) is 2.15. The standard InChI is InChI=1S/C12H15BrFNO/c1-7(15)12(3-4-12)9-5-8(16-2)6-10(13)11(9)14/h5-7H,3-4,15H2,1-2H3. The van der Waals surface area contributed by atoms with Crippen LogP contribution >= 0.6 is 15.9 Å². The van der Waals surface area contributed by atoms with Gasteiger partial charge in [-0.3, -0.25) is 0 Å². The second-order valence-electron chi connectivity index (χ2n) is 4.42. The van der Waals surface area contributed by atoms with Crippen molar-refractivity contribution in [1.29, 1.82) is 0 Å². The quantitative estimate of drug-likeness (QED) is 0.928. The van der Waals surface area contributed by atoms with Crippen molar-refractivity contribution in [3.63, 3.8) is 0 Å². The Morgan fingerprint density at radius 1 is 1.50 bits per heavy atom. The van der Waals surface area contributed by atoms with E-state index in [2.05, 4.69) is 15.9 Å². The normalized spacial score (nSPS) is 19.3. The van der Waals surface area contributed by atoms with Crippen molar-refractivity contribution in [1.82, 2.24) is 0 Å². The Bertz CT molecular complexity index is 416. The van der Waals surface area contributed by atoms with Crippen molar-refractivity contribution in [3.8, 4) is 5.75 Å². The molecule has 1 aliphatic carbocycles. The van der Waals surface area contributed by atoms with Crippen molar-refractivity contribution >= 4 is 15.9 Å². The second-order valence-corrected chi connectivity index (χ2v) is 5.27. The molecule has 2 nitrogen and oxygen atoms in total. The lowest BCUT2D eigenvalue weighted by atomic mass is 9.89. The van der Waals surface area contributed by atoms with Crippen LogP contribution in [0.2, 0.25) is 0 Å². The smallest absolute Gasteiger partial charge is 0.141 e. The lowest BCUT2D eigenvalue weighted by molar-refractivity contribution is 0.409. The highest BCUT2D eigenvalue weighted by molar-refractivity contribution is 9.10. The molecule has 0 spiro atoms. The van der Waals surface area contributed by atoms with E-state index in [0.717, 1.165) is 12.8 Å². The third-order valence-electron chi connectivity index (χ3n) is 3.43. The van der Waals surface area contributed by atoms with Crippen LogP contribution in [0.1, 0.15) is 25.3 Å². The molecule has 0 saturated heterocycles. The first-order valence-corrected chi connectivity index (χ1v) is 6.09. The van der Waals surface area contributed by atoms with Crippen molar-refractivity contribution in [2.75, 3.05) is 7.11 Å². The minimum absolute atomic E-state index is 0.0407. The molecule has 0 bridgehead atoms. The zero-order valence-electron chi connectivity index (χ0n) is 9.39. The minimum atomic E-state index is -0.212. The molecule has 1 aliphatic rings. The summed E-state index contributed by atoms with van der Waals surface area (Å²) in [5, 5.41) is 0. The Hall–Kier alpha value is -0.610. The van der Waals surface area contributed by atoms with E-state index in [-0.39, 0.29) is 17.3 Å². The third-order valence-corrected chi connectivity index (χ3v) is 4.01. The molecule has 1 unspecified atom stereocenters. The lowest BCUT2D eigenvalue weighted by Gasteiger charge is -2.21. The Balaban J connectivity index is 2.52. The van der Waals surface area contributed by atoms with Crippen LogP contribution in [0.4, 0.5) is 4.39 Å². The SMILES string of the molecule is COc1cc(Br)c(F)c(C2(C(C)N)CC2)c1. The predicted octanol–water partition coefficient (Wildman–Crippen LogP) is 2.98. The molecule has 2 N–H and O–H groups in total. The Kier molecular flexibility index (Phi) is 2.97. The molecule has 1 saturated carbocycles. The molecule has 16 heavy (non-hydrogen) atoms. The Morgan fingerprint density at radius 2 is 2.12 bits per heavy atom. The number of hydrogen-bond donors (Lipinski definition) is 1. The number of rotatable bonds is 3. The van der Waals surface area contributed by atoms with Gasteiger partial charge in [0.05, 0.1) is 11.6 Å². The highest BCUT2D eigenvalue weighted by atomic mass is 79.9. The van der Waals surface area contributed by atoms with Gasteiger partial charge in [-0.05, 0) is 47.8 Å². The van der Waals surface area contributed by atoms with Gasteiger partial charge in [-0.1, -0.05) is 0 Å². The maximum absolute atomic E-state index is 14.1. The highest BCUT2D eigenvalue weighted by Crippen LogP contribution is 2.52. The maximum atomic E-state index is 14.1. The van der Waals surface area contributed by atoms with Gasteiger partial charge in [0.15, 0.2) is 0 Å². The third kappa shape index (κ3) is 1.74. The van der Waals surface area contributed by atoms with Crippen LogP contribution in [0, 0.1) is 5.82 Å². The summed E-state index contributed by atoms with van der Waals surface area (Å²) in [6.07, 6.45) is 1.89. The van der Waals surface area contributed by atoms with E-state index in [9.17, 15) is 4.39 Å². The second kappa shape index (κ2) is 4.00. The minimum Gasteiger partial charge on any atom is -0.497 e. The zero-order chi connectivity index (χ0) is 11.9. The van der Waals surface area contributed by atoms with Gasteiger partial charge in [0.2, 0.25) is 0 Å². The van der Waals surface area contributed by atoms with Gasteiger partial charge in [-0.2, -0.15) is 0 Å². The van der Waals surface area contributed by atoms with Crippen LogP contribution in [-0.4, -0.2) is 13.2 Å². The van der Waals surface area contributed by atoms with Crippen LogP contribution in [-0.2, 0) is 5.41 Å². The van der Waals surface area contributed by atoms with Gasteiger partial charge in [0.1, 0.15) is 11.6 Å². The summed E-state index contributed by atoms with van der Waals surface area (Å²) in [5.74, 6) is 0.450. The first-order chi connectivity index (χ1) is 7.51. The summed E-state index contributed by atoms with van der Waals surface area (Å²) in [6, 6.07) is 3.35. The van der Waals surface area contributed by atoms with E-state index < -0.39 is 0 Å². The predicted molar refractivity (Wildman–Crippen MR) is 65.2 cm³/mol. The fourth-order valence-corrected chi connectivity index (χ4v) is 2.59. The first kappa shape index (κ1) is 11.9. The van der Waals surface area contributed by atoms with Crippen molar-refractivity contribution in [3.05, 3.63) is 28.0 Å². The molecule has 1 atom stereocenters. The summed E-state index contributed by atoms with van der Waals surface area (Å²) >= 11 is 3.21. The number of halogens is 2. The summed E-state index contributed by atoms with van der Waals surface area (Å²) in [4.78, 5) is 0. The van der Waals surface area contributed by atoms with E-state index in [1.54, 1.807) is 19.2 Å². The van der Waals surface area contributed by atoms with Crippen LogP contribution in [0.3, 0.4) is 0 Å². The molecule has 0 radical (unpaired) electrons. The van der Waals surface area contributed by atoms with E-state index in [1.165, 1.54) is 0 Å². The first-order valence-electron chi connectivity index (χ1n) is 5.30. The molecule has 0 amide bonds. The van der Waals surface area contributed by atoms with Gasteiger partial charge in [0.25, 0.3) is 0 Å². The average Bonchev–Trinajstić information content (AvgIpc) is 3.02. The number of benzene rings is 1. The van der Waals surface area contributed by atoms with Crippen LogP contribution in [0.5, 0.6) is 5.75 Å². The van der Waals surface area contributed by atoms with Gasteiger partial charge < -0.3 is 10.5 Å². The van der Waals surface area contributed by atoms with Crippen molar-refractivity contribution in [2.45, 2.75) is 31.2 Å². The molecular formula is C12H15BrFNO. The van der Waals surface area contributed by atoms with Crippen molar-refractivity contribution in [2.24, 2.45) is 5.73 Å². The number of nitrogens with two attached hydrogens (primary N) is 1. The highest BCUT2D eigenvalue weighted by Gasteiger charge is 2.49. The number of ether oxygens (including phenoxy) is 1. The molecule has 0 aromatic heterocycles. The molecule has 4 heteroatoms. The zero-order valence-corrected chi connectivity index (χ0v) is 11.0. The molecule has 1 fully saturated rings. The van der Waals surface area contributed by atoms with E-state index in [0.29, 0.717) is 15.8 Å². The van der Waals surface area contributed by atoms with Crippen LogP contribution in [0.25, 0.3) is 0 Å². The molecule has 0 aliphatic heterocycles. The Labute approximate surface area is 103 Å². The molecule has 2 rings (SSSR count). The van der Waals surface area contributed by atoms with Gasteiger partial charge >= 0.3 is 0 Å². The molecule has 0 heterocycles. The Morgan fingerprint density at radius 3 is 2.56 bits per heavy atom. The molecule has 1 aromatic carbocycles. The van der Waals surface area contributed by atoms with E-state index >= 15 is 0 Å². The van der Waals surface area contributed by atoms with E-state index in [1.807, 2.05) is 6.92 Å². The summed E-state index contributed by atoms with van der Waals surface area (Å²) in [6.45, 7) is 1.93. The van der Waals surface area contributed by atoms with Gasteiger partial charge in [-0.25, -0.2) is 4.39 Å². The summed E-state index contributed by atoms with van der Waals surface area (Å²) in [5.41, 5.74) is 6.43. The monoisotopic (exact) mass is 287 g/mol. The maximum Gasteiger partial charge on any atom is 0.141 e. The largest absolute Gasteiger partial charge is 0.497 e. The van der Waals surface area contributed by atoms with Crippen LogP contribution in [0.15, 0.2) is 16.6 Å². The van der Waals surface area contributed by atoms with Gasteiger partial charge in [-0.15, -0.1) is 0 Å². The lowest BCUT2D eigenvalue weighted by Crippen LogP contribution is -2.32. The van der Waals surface area contributed by atoms with E-state index in [4.69, 9.17) is 10.5 Å². The molecule has 1 aromatic rings. The molecule has 88 valence electrons. The van der Waals surface area contributed by atoms with Crippen molar-refractivity contribution < 1.29 is 9.13 Å². The van der Waals surface area contributed by atoms with Crippen LogP contribution < -0.4 is 10.5 Å². The fraction of sp³-hybridized carbons (Fsp3) is 0.500. The number of hydrogen-bond acceptors (Lipinski definition) is 2. The number of methoxy groups -OCH3 is 1. The summed E-state index contributed by atoms with van der Waals surface area (Å²) in [7, 11) is 1.58. The van der Waals surface area contributed by atoms with Gasteiger partial charge in [0, 0.05) is 17.0 Å². The summed E-state index contributed by atoms with van der Waals surface area (Å²) < 4.78 is 19.7. The topological polar surface area (TPSA) is 35.2 Å². The average molecular weight is 288 g/mol. The molecular weight excluding hydrogens is 273 g/mol.